The van der Waals surface area contributed by atoms with Crippen LogP contribution in [0.25, 0.3) is 0 Å². The van der Waals surface area contributed by atoms with Gasteiger partial charge in [-0.05, 0) is 37.7 Å². The fourth-order valence-electron chi connectivity index (χ4n) is 3.62. The van der Waals surface area contributed by atoms with Crippen LogP contribution in [0, 0.1) is 0 Å². The normalized spacial score (nSPS) is 24.8. The minimum absolute atomic E-state index is 0.460. The zero-order valence-corrected chi connectivity index (χ0v) is 13.4. The summed E-state index contributed by atoms with van der Waals surface area (Å²) in [6.07, 6.45) is 10.6. The van der Waals surface area contributed by atoms with E-state index in [9.17, 15) is 0 Å². The Morgan fingerprint density at radius 2 is 2.05 bits per heavy atom. The van der Waals surface area contributed by atoms with Crippen molar-refractivity contribution in [3.05, 3.63) is 60.2 Å². The van der Waals surface area contributed by atoms with Gasteiger partial charge in [0, 0.05) is 12.6 Å². The van der Waals surface area contributed by atoms with Crippen LogP contribution < -0.4 is 0 Å². The van der Waals surface area contributed by atoms with Gasteiger partial charge in [-0.15, -0.1) is 6.58 Å². The average Bonchev–Trinajstić information content (AvgIpc) is 2.53. The summed E-state index contributed by atoms with van der Waals surface area (Å²) >= 11 is 0. The summed E-state index contributed by atoms with van der Waals surface area (Å²) in [4.78, 5) is 2.63. The number of hydrogen-bond donors (Lipinski definition) is 0. The van der Waals surface area contributed by atoms with Gasteiger partial charge in [0.25, 0.3) is 0 Å². The minimum atomic E-state index is 0.460. The van der Waals surface area contributed by atoms with Crippen LogP contribution in [0.4, 0.5) is 0 Å². The van der Waals surface area contributed by atoms with Gasteiger partial charge in [-0.3, -0.25) is 4.90 Å². The van der Waals surface area contributed by atoms with E-state index in [0.29, 0.717) is 12.1 Å². The Kier molecular flexibility index (Phi) is 5.47. The molecule has 0 N–H and O–H groups in total. The van der Waals surface area contributed by atoms with Gasteiger partial charge in [0.05, 0.1) is 19.3 Å². The van der Waals surface area contributed by atoms with Gasteiger partial charge in [-0.25, -0.2) is 0 Å². The molecule has 0 radical (unpaired) electrons. The lowest BCUT2D eigenvalue weighted by molar-refractivity contribution is -0.0442. The van der Waals surface area contributed by atoms with Crippen molar-refractivity contribution in [2.75, 3.05) is 13.2 Å². The number of nitrogens with zero attached hydrogens (tertiary/aromatic N) is 1. The van der Waals surface area contributed by atoms with Gasteiger partial charge in [0.15, 0.2) is 0 Å². The molecule has 118 valence electrons. The maximum absolute atomic E-state index is 5.80. The second-order valence-corrected chi connectivity index (χ2v) is 6.48. The molecule has 1 aromatic carbocycles. The molecule has 22 heavy (non-hydrogen) atoms. The number of benzene rings is 1. The molecule has 0 spiro atoms. The van der Waals surface area contributed by atoms with Crippen molar-refractivity contribution >= 4 is 0 Å². The second-order valence-electron chi connectivity index (χ2n) is 6.48. The summed E-state index contributed by atoms with van der Waals surface area (Å²) in [6, 6.07) is 11.8. The Morgan fingerprint density at radius 3 is 2.82 bits per heavy atom. The lowest BCUT2D eigenvalue weighted by Crippen LogP contribution is -2.53. The number of unbranched alkanes of at least 4 members (excludes halogenated alkanes) is 2. The van der Waals surface area contributed by atoms with Crippen molar-refractivity contribution in [3.8, 4) is 0 Å². The zero-order chi connectivity index (χ0) is 15.2. The average molecular weight is 297 g/mol. The van der Waals surface area contributed by atoms with E-state index >= 15 is 0 Å². The van der Waals surface area contributed by atoms with Crippen molar-refractivity contribution in [2.45, 2.75) is 50.7 Å². The summed E-state index contributed by atoms with van der Waals surface area (Å²) in [6.45, 7) is 6.57. The molecule has 2 aliphatic heterocycles. The van der Waals surface area contributed by atoms with Crippen LogP contribution in [0.15, 0.2) is 54.6 Å². The van der Waals surface area contributed by atoms with Crippen molar-refractivity contribution in [2.24, 2.45) is 0 Å². The molecule has 3 rings (SSSR count). The third-order valence-corrected chi connectivity index (χ3v) is 4.78. The van der Waals surface area contributed by atoms with Crippen molar-refractivity contribution < 1.29 is 4.74 Å². The first-order valence-corrected chi connectivity index (χ1v) is 8.54. The van der Waals surface area contributed by atoms with E-state index in [1.165, 1.54) is 31.2 Å². The van der Waals surface area contributed by atoms with Crippen LogP contribution in [0.5, 0.6) is 0 Å². The predicted octanol–water partition coefficient (Wildman–Crippen LogP) is 4.33. The number of ether oxygens (including phenoxy) is 1. The summed E-state index contributed by atoms with van der Waals surface area (Å²) in [5.41, 5.74) is 3.05. The molecule has 0 saturated carbocycles. The second kappa shape index (κ2) is 7.75. The molecule has 0 aliphatic carbocycles. The highest BCUT2D eigenvalue weighted by atomic mass is 16.5. The third-order valence-electron chi connectivity index (χ3n) is 4.78. The fourth-order valence-corrected chi connectivity index (χ4v) is 3.62. The lowest BCUT2D eigenvalue weighted by atomic mass is 9.90. The number of fused-ring (bicyclic) bond motifs is 2. The monoisotopic (exact) mass is 297 g/mol. The minimum Gasteiger partial charge on any atom is -0.378 e. The van der Waals surface area contributed by atoms with Crippen LogP contribution in [0.2, 0.25) is 0 Å². The Morgan fingerprint density at radius 1 is 1.18 bits per heavy atom. The van der Waals surface area contributed by atoms with Gasteiger partial charge in [-0.1, -0.05) is 48.1 Å². The molecule has 1 saturated heterocycles. The number of rotatable bonds is 7. The SMILES string of the molecule is C=CCCCCC1=CC2COCC(C1)N2Cc1ccccc1. The van der Waals surface area contributed by atoms with E-state index in [-0.39, 0.29) is 0 Å². The van der Waals surface area contributed by atoms with E-state index < -0.39 is 0 Å². The van der Waals surface area contributed by atoms with E-state index in [2.05, 4.69) is 47.9 Å². The van der Waals surface area contributed by atoms with Gasteiger partial charge < -0.3 is 4.74 Å². The first kappa shape index (κ1) is 15.5. The topological polar surface area (TPSA) is 12.5 Å². The number of morpholine rings is 1. The van der Waals surface area contributed by atoms with Gasteiger partial charge in [0.2, 0.25) is 0 Å². The fraction of sp³-hybridized carbons (Fsp3) is 0.500. The quantitative estimate of drug-likeness (QED) is 0.548. The molecule has 2 atom stereocenters. The lowest BCUT2D eigenvalue weighted by Gasteiger charge is -2.45. The molecule has 1 aromatic rings. The van der Waals surface area contributed by atoms with Crippen molar-refractivity contribution in [1.82, 2.24) is 4.90 Å². The zero-order valence-electron chi connectivity index (χ0n) is 13.4. The maximum Gasteiger partial charge on any atom is 0.0658 e. The largest absolute Gasteiger partial charge is 0.378 e. The summed E-state index contributed by atoms with van der Waals surface area (Å²) < 4.78 is 5.80. The Labute approximate surface area is 134 Å². The van der Waals surface area contributed by atoms with Crippen LogP contribution >= 0.6 is 0 Å². The Bertz CT molecular complexity index is 508. The smallest absolute Gasteiger partial charge is 0.0658 e. The summed E-state index contributed by atoms with van der Waals surface area (Å²) in [7, 11) is 0. The summed E-state index contributed by atoms with van der Waals surface area (Å²) in [5.74, 6) is 0. The Balaban J connectivity index is 1.62. The molecular weight excluding hydrogens is 270 g/mol. The van der Waals surface area contributed by atoms with E-state index in [4.69, 9.17) is 4.74 Å². The van der Waals surface area contributed by atoms with Crippen LogP contribution in [-0.2, 0) is 11.3 Å². The first-order valence-electron chi connectivity index (χ1n) is 8.54. The molecule has 2 nitrogen and oxygen atoms in total. The number of allylic oxidation sites excluding steroid dienone is 1. The molecule has 2 bridgehead atoms. The third kappa shape index (κ3) is 3.88. The standard InChI is InChI=1S/C20H27NO/c1-2-3-4-6-11-18-12-19-15-22-16-20(13-18)21(19)14-17-9-7-5-8-10-17/h2,5,7-10,12,19-20H,1,3-4,6,11,13-16H2. The van der Waals surface area contributed by atoms with E-state index in [0.717, 1.165) is 26.2 Å². The van der Waals surface area contributed by atoms with Crippen molar-refractivity contribution in [3.63, 3.8) is 0 Å². The maximum atomic E-state index is 5.80. The molecule has 1 fully saturated rings. The van der Waals surface area contributed by atoms with Crippen LogP contribution in [0.3, 0.4) is 0 Å². The molecular formula is C20H27NO. The Hall–Kier alpha value is -1.38. The number of hydrogen-bond acceptors (Lipinski definition) is 2. The molecule has 2 heteroatoms. The molecule has 2 heterocycles. The molecule has 0 amide bonds. The highest BCUT2D eigenvalue weighted by Crippen LogP contribution is 2.30. The van der Waals surface area contributed by atoms with Gasteiger partial charge in [-0.2, -0.15) is 0 Å². The summed E-state index contributed by atoms with van der Waals surface area (Å²) in [5, 5.41) is 0. The highest BCUT2D eigenvalue weighted by Gasteiger charge is 2.34. The van der Waals surface area contributed by atoms with E-state index in [1.54, 1.807) is 5.57 Å². The van der Waals surface area contributed by atoms with E-state index in [1.807, 2.05) is 6.08 Å². The predicted molar refractivity (Wildman–Crippen MR) is 91.7 cm³/mol. The first-order chi connectivity index (χ1) is 10.9. The van der Waals surface area contributed by atoms with Crippen LogP contribution in [0.1, 0.15) is 37.7 Å². The molecule has 2 unspecified atom stereocenters. The highest BCUT2D eigenvalue weighted by molar-refractivity contribution is 5.20. The molecule has 2 aliphatic rings. The van der Waals surface area contributed by atoms with Gasteiger partial charge >= 0.3 is 0 Å². The molecule has 0 aromatic heterocycles. The van der Waals surface area contributed by atoms with Crippen LogP contribution in [-0.4, -0.2) is 30.2 Å². The van der Waals surface area contributed by atoms with Gasteiger partial charge in [0.1, 0.15) is 0 Å². The van der Waals surface area contributed by atoms with Crippen molar-refractivity contribution in [1.29, 1.82) is 0 Å².